The standard InChI is InChI=1S/C19H28N2O3/c1-23-10-9-21-12-16-7-4-8-17(13-21)19(16,24-2)15-6-3-5-14(11-15)18(20)22/h3,5-6,11,16-17H,4,7-10,12-13H2,1-2H3,(H2,20,22)/t16-,17+,19?. The van der Waals surface area contributed by atoms with E-state index in [1.165, 1.54) is 6.42 Å². The Balaban J connectivity index is 1.94. The van der Waals surface area contributed by atoms with E-state index in [0.29, 0.717) is 17.4 Å². The van der Waals surface area contributed by atoms with Crippen LogP contribution in [-0.4, -0.2) is 51.3 Å². The van der Waals surface area contributed by atoms with Crippen molar-refractivity contribution in [3.63, 3.8) is 0 Å². The van der Waals surface area contributed by atoms with Gasteiger partial charge < -0.3 is 20.1 Å². The van der Waals surface area contributed by atoms with E-state index in [-0.39, 0.29) is 11.5 Å². The lowest BCUT2D eigenvalue weighted by atomic mass is 9.62. The third kappa shape index (κ3) is 2.96. The van der Waals surface area contributed by atoms with E-state index >= 15 is 0 Å². The number of amides is 1. The Labute approximate surface area is 144 Å². The highest BCUT2D eigenvalue weighted by molar-refractivity contribution is 5.92. The molecule has 1 aromatic rings. The Kier molecular flexibility index (Phi) is 5.23. The smallest absolute Gasteiger partial charge is 0.248 e. The zero-order valence-electron chi connectivity index (χ0n) is 14.7. The molecule has 1 heterocycles. The fourth-order valence-electron chi connectivity index (χ4n) is 4.77. The number of nitrogens with zero attached hydrogens (tertiary/aromatic N) is 1. The maximum atomic E-state index is 11.6. The number of hydrogen-bond acceptors (Lipinski definition) is 4. The topological polar surface area (TPSA) is 64.8 Å². The average molecular weight is 332 g/mol. The number of nitrogens with two attached hydrogens (primary N) is 1. The first-order valence-electron chi connectivity index (χ1n) is 8.78. The minimum Gasteiger partial charge on any atom is -0.383 e. The number of benzene rings is 1. The normalized spacial score (nSPS) is 30.2. The first-order valence-corrected chi connectivity index (χ1v) is 8.78. The molecule has 3 rings (SSSR count). The second kappa shape index (κ2) is 7.21. The number of ether oxygens (including phenoxy) is 2. The van der Waals surface area contributed by atoms with Crippen molar-refractivity contribution in [1.29, 1.82) is 0 Å². The summed E-state index contributed by atoms with van der Waals surface area (Å²) in [5.41, 5.74) is 6.83. The minimum atomic E-state index is -0.384. The molecule has 1 aliphatic carbocycles. The second-order valence-electron chi connectivity index (χ2n) is 7.02. The molecule has 2 bridgehead atoms. The lowest BCUT2D eigenvalue weighted by Gasteiger charge is -2.55. The van der Waals surface area contributed by atoms with E-state index in [2.05, 4.69) is 11.0 Å². The first-order chi connectivity index (χ1) is 11.6. The van der Waals surface area contributed by atoms with Crippen LogP contribution in [0, 0.1) is 11.8 Å². The molecule has 3 atom stereocenters. The highest BCUT2D eigenvalue weighted by Crippen LogP contribution is 2.51. The van der Waals surface area contributed by atoms with Gasteiger partial charge in [0.25, 0.3) is 0 Å². The molecule has 1 saturated carbocycles. The van der Waals surface area contributed by atoms with Crippen molar-refractivity contribution < 1.29 is 14.3 Å². The molecule has 1 aliphatic heterocycles. The molecule has 0 spiro atoms. The quantitative estimate of drug-likeness (QED) is 0.865. The Bertz CT molecular complexity index is 576. The molecule has 24 heavy (non-hydrogen) atoms. The Morgan fingerprint density at radius 2 is 2.00 bits per heavy atom. The van der Waals surface area contributed by atoms with Crippen LogP contribution in [-0.2, 0) is 15.1 Å². The van der Waals surface area contributed by atoms with E-state index in [1.807, 2.05) is 19.2 Å². The highest BCUT2D eigenvalue weighted by atomic mass is 16.5. The molecule has 5 heteroatoms. The van der Waals surface area contributed by atoms with Crippen LogP contribution >= 0.6 is 0 Å². The summed E-state index contributed by atoms with van der Waals surface area (Å²) in [4.78, 5) is 14.1. The SMILES string of the molecule is COCCN1C[C@H]2CCC[C@@H](C1)C2(OC)c1cccc(C(N)=O)c1. The zero-order valence-corrected chi connectivity index (χ0v) is 14.7. The van der Waals surface area contributed by atoms with Crippen LogP contribution in [0.1, 0.15) is 35.2 Å². The number of hydrogen-bond donors (Lipinski definition) is 1. The van der Waals surface area contributed by atoms with Crippen molar-refractivity contribution in [2.45, 2.75) is 24.9 Å². The molecule has 0 aromatic heterocycles. The molecule has 1 amide bonds. The summed E-state index contributed by atoms with van der Waals surface area (Å²) in [5.74, 6) is 0.468. The number of methoxy groups -OCH3 is 2. The number of primary amides is 1. The van der Waals surface area contributed by atoms with Crippen LogP contribution in [0.25, 0.3) is 0 Å². The van der Waals surface area contributed by atoms with Gasteiger partial charge in [0, 0.05) is 51.3 Å². The number of fused-ring (bicyclic) bond motifs is 2. The van der Waals surface area contributed by atoms with Gasteiger partial charge in [0.1, 0.15) is 5.60 Å². The molecule has 1 aromatic carbocycles. The minimum absolute atomic E-state index is 0.312. The summed E-state index contributed by atoms with van der Waals surface area (Å²) in [6.45, 7) is 3.74. The van der Waals surface area contributed by atoms with Crippen molar-refractivity contribution in [3.05, 3.63) is 35.4 Å². The van der Waals surface area contributed by atoms with Crippen molar-refractivity contribution in [3.8, 4) is 0 Å². The monoisotopic (exact) mass is 332 g/mol. The number of likely N-dealkylation sites (tertiary alicyclic amines) is 1. The van der Waals surface area contributed by atoms with Gasteiger partial charge >= 0.3 is 0 Å². The highest BCUT2D eigenvalue weighted by Gasteiger charge is 2.53. The van der Waals surface area contributed by atoms with Gasteiger partial charge in [-0.15, -0.1) is 0 Å². The van der Waals surface area contributed by atoms with E-state index in [0.717, 1.165) is 44.6 Å². The first kappa shape index (κ1) is 17.4. The lowest BCUT2D eigenvalue weighted by molar-refractivity contribution is -0.170. The molecule has 2 aliphatic rings. The van der Waals surface area contributed by atoms with Gasteiger partial charge in [-0.25, -0.2) is 0 Å². The molecule has 0 radical (unpaired) electrons. The largest absolute Gasteiger partial charge is 0.383 e. The van der Waals surface area contributed by atoms with Gasteiger partial charge in [0.2, 0.25) is 5.91 Å². The molecular weight excluding hydrogens is 304 g/mol. The van der Waals surface area contributed by atoms with Gasteiger partial charge in [0.05, 0.1) is 6.61 Å². The fraction of sp³-hybridized carbons (Fsp3) is 0.632. The molecule has 1 saturated heterocycles. The molecule has 132 valence electrons. The Morgan fingerprint density at radius 3 is 2.58 bits per heavy atom. The second-order valence-corrected chi connectivity index (χ2v) is 7.02. The number of carbonyl (C=O) groups excluding carboxylic acids is 1. The number of carbonyl (C=O) groups is 1. The Hall–Kier alpha value is -1.43. The predicted octanol–water partition coefficient (Wildman–Crippen LogP) is 2.01. The zero-order chi connectivity index (χ0) is 17.2. The third-order valence-corrected chi connectivity index (χ3v) is 5.82. The number of rotatable bonds is 6. The van der Waals surface area contributed by atoms with Gasteiger partial charge in [-0.1, -0.05) is 18.6 Å². The van der Waals surface area contributed by atoms with E-state index in [1.54, 1.807) is 13.2 Å². The molecule has 2 fully saturated rings. The third-order valence-electron chi connectivity index (χ3n) is 5.82. The molecule has 2 N–H and O–H groups in total. The average Bonchev–Trinajstić information content (AvgIpc) is 2.59. The summed E-state index contributed by atoms with van der Waals surface area (Å²) in [5, 5.41) is 0. The van der Waals surface area contributed by atoms with Crippen LogP contribution in [0.15, 0.2) is 24.3 Å². The van der Waals surface area contributed by atoms with Crippen molar-refractivity contribution >= 4 is 5.91 Å². The van der Waals surface area contributed by atoms with Crippen LogP contribution in [0.5, 0.6) is 0 Å². The van der Waals surface area contributed by atoms with Crippen molar-refractivity contribution in [2.75, 3.05) is 40.5 Å². The van der Waals surface area contributed by atoms with Crippen molar-refractivity contribution in [2.24, 2.45) is 17.6 Å². The van der Waals surface area contributed by atoms with Crippen LogP contribution < -0.4 is 5.73 Å². The van der Waals surface area contributed by atoms with Crippen LogP contribution in [0.2, 0.25) is 0 Å². The van der Waals surface area contributed by atoms with E-state index in [9.17, 15) is 4.79 Å². The lowest BCUT2D eigenvalue weighted by Crippen LogP contribution is -2.59. The molecule has 1 unspecified atom stereocenters. The Morgan fingerprint density at radius 1 is 1.29 bits per heavy atom. The summed E-state index contributed by atoms with van der Waals surface area (Å²) >= 11 is 0. The van der Waals surface area contributed by atoms with E-state index in [4.69, 9.17) is 15.2 Å². The van der Waals surface area contributed by atoms with Gasteiger partial charge in [-0.2, -0.15) is 0 Å². The molecular formula is C19H28N2O3. The van der Waals surface area contributed by atoms with Crippen molar-refractivity contribution in [1.82, 2.24) is 4.90 Å². The summed E-state index contributed by atoms with van der Waals surface area (Å²) in [6.07, 6.45) is 3.54. The van der Waals surface area contributed by atoms with Crippen LogP contribution in [0.3, 0.4) is 0 Å². The van der Waals surface area contributed by atoms with Gasteiger partial charge in [-0.3, -0.25) is 4.79 Å². The summed E-state index contributed by atoms with van der Waals surface area (Å²) < 4.78 is 11.5. The number of piperidine rings is 1. The van der Waals surface area contributed by atoms with E-state index < -0.39 is 0 Å². The summed E-state index contributed by atoms with van der Waals surface area (Å²) in [6, 6.07) is 7.72. The van der Waals surface area contributed by atoms with Gasteiger partial charge in [0.15, 0.2) is 0 Å². The predicted molar refractivity (Wildman–Crippen MR) is 92.8 cm³/mol. The summed E-state index contributed by atoms with van der Waals surface area (Å²) in [7, 11) is 3.56. The van der Waals surface area contributed by atoms with Gasteiger partial charge in [-0.05, 0) is 30.5 Å². The maximum absolute atomic E-state index is 11.6. The fourth-order valence-corrected chi connectivity index (χ4v) is 4.77. The van der Waals surface area contributed by atoms with Crippen LogP contribution in [0.4, 0.5) is 0 Å². The molecule has 5 nitrogen and oxygen atoms in total. The maximum Gasteiger partial charge on any atom is 0.248 e.